The topological polar surface area (TPSA) is 42.6 Å². The zero-order valence-electron chi connectivity index (χ0n) is 12.8. The summed E-state index contributed by atoms with van der Waals surface area (Å²) in [4.78, 5) is 4.56. The molecule has 0 radical (unpaired) electrons. The Hall–Kier alpha value is -0.200. The van der Waals surface area contributed by atoms with Gasteiger partial charge in [0.2, 0.25) is 0 Å². The Kier molecular flexibility index (Phi) is 13.1. The van der Waals surface area contributed by atoms with Gasteiger partial charge in [-0.25, -0.2) is 0 Å². The van der Waals surface area contributed by atoms with Gasteiger partial charge in [-0.05, 0) is 47.7 Å². The first-order chi connectivity index (χ1) is 8.66. The van der Waals surface area contributed by atoms with Crippen molar-refractivity contribution in [3.63, 3.8) is 0 Å². The van der Waals surface area contributed by atoms with Gasteiger partial charge in [0.1, 0.15) is 0 Å². The zero-order chi connectivity index (χ0) is 13.6. The van der Waals surface area contributed by atoms with Crippen LogP contribution in [0.5, 0.6) is 0 Å². The van der Waals surface area contributed by atoms with E-state index in [0.717, 1.165) is 45.8 Å². The minimum atomic E-state index is 1.06. The molecule has 0 atom stereocenters. The van der Waals surface area contributed by atoms with Gasteiger partial charge in [-0.2, -0.15) is 0 Å². The van der Waals surface area contributed by atoms with E-state index >= 15 is 0 Å². The van der Waals surface area contributed by atoms with Crippen LogP contribution in [0.2, 0.25) is 0 Å². The van der Waals surface area contributed by atoms with Crippen molar-refractivity contribution < 1.29 is 0 Å². The molecule has 3 N–H and O–H groups in total. The summed E-state index contributed by atoms with van der Waals surface area (Å²) in [6, 6.07) is 0. The maximum absolute atomic E-state index is 3.47. The van der Waals surface area contributed by atoms with Gasteiger partial charge >= 0.3 is 0 Å². The van der Waals surface area contributed by atoms with Gasteiger partial charge < -0.3 is 25.8 Å². The molecule has 0 aromatic heterocycles. The number of hydrogen-bond acceptors (Lipinski definition) is 5. The Balaban J connectivity index is 3.07. The third-order valence-corrected chi connectivity index (χ3v) is 2.85. The fourth-order valence-corrected chi connectivity index (χ4v) is 1.62. The molecular formula is C13H33N5. The molecule has 0 saturated heterocycles. The van der Waals surface area contributed by atoms with E-state index in [-0.39, 0.29) is 0 Å². The number of rotatable bonds is 13. The van der Waals surface area contributed by atoms with Gasteiger partial charge in [-0.15, -0.1) is 0 Å². The largest absolute Gasteiger partial charge is 0.318 e. The highest BCUT2D eigenvalue weighted by molar-refractivity contribution is 4.57. The number of hydrogen-bond donors (Lipinski definition) is 3. The molecule has 0 spiro atoms. The van der Waals surface area contributed by atoms with E-state index in [4.69, 9.17) is 0 Å². The lowest BCUT2D eigenvalue weighted by molar-refractivity contribution is 0.328. The summed E-state index contributed by atoms with van der Waals surface area (Å²) >= 11 is 0. The Morgan fingerprint density at radius 2 is 1.39 bits per heavy atom. The minimum absolute atomic E-state index is 1.06. The maximum atomic E-state index is 3.47. The Labute approximate surface area is 113 Å². The maximum Gasteiger partial charge on any atom is 0.0104 e. The van der Waals surface area contributed by atoms with Crippen LogP contribution in [-0.4, -0.2) is 90.3 Å². The first-order valence-corrected chi connectivity index (χ1v) is 7.06. The van der Waals surface area contributed by atoms with E-state index in [1.807, 2.05) is 7.05 Å². The molecule has 0 aromatic carbocycles. The molecule has 0 aliphatic heterocycles. The Morgan fingerprint density at radius 1 is 0.722 bits per heavy atom. The van der Waals surface area contributed by atoms with Crippen molar-refractivity contribution in [1.82, 2.24) is 25.8 Å². The van der Waals surface area contributed by atoms with E-state index in [1.54, 1.807) is 0 Å². The van der Waals surface area contributed by atoms with E-state index < -0.39 is 0 Å². The standard InChI is InChI=1S/C13H33N5/c1-14-9-13-18(4)11-5-6-15-7-8-16-10-12-17(2)3/h14-16H,5-13H2,1-4H3. The first-order valence-electron chi connectivity index (χ1n) is 7.06. The molecule has 0 aliphatic rings. The summed E-state index contributed by atoms with van der Waals surface area (Å²) in [5.41, 5.74) is 0. The molecule has 0 aliphatic carbocycles. The molecule has 0 saturated carbocycles. The van der Waals surface area contributed by atoms with Crippen molar-refractivity contribution in [2.75, 3.05) is 80.5 Å². The third kappa shape index (κ3) is 13.9. The fourth-order valence-electron chi connectivity index (χ4n) is 1.62. The lowest BCUT2D eigenvalue weighted by Crippen LogP contribution is -2.33. The number of nitrogens with zero attached hydrogens (tertiary/aromatic N) is 2. The van der Waals surface area contributed by atoms with Crippen molar-refractivity contribution in [2.45, 2.75) is 6.42 Å². The monoisotopic (exact) mass is 259 g/mol. The first kappa shape index (κ1) is 17.8. The molecule has 110 valence electrons. The highest BCUT2D eigenvalue weighted by atomic mass is 15.1. The summed E-state index contributed by atoms with van der Waals surface area (Å²) in [5, 5.41) is 10.1. The van der Waals surface area contributed by atoms with Crippen LogP contribution in [0.4, 0.5) is 0 Å². The van der Waals surface area contributed by atoms with Gasteiger partial charge in [0.05, 0.1) is 0 Å². The smallest absolute Gasteiger partial charge is 0.0104 e. The molecule has 0 bridgehead atoms. The number of nitrogens with one attached hydrogen (secondary N) is 3. The molecule has 0 fully saturated rings. The van der Waals surface area contributed by atoms with Crippen LogP contribution in [0.15, 0.2) is 0 Å². The highest BCUT2D eigenvalue weighted by Gasteiger charge is 1.96. The summed E-state index contributed by atoms with van der Waals surface area (Å²) in [5.74, 6) is 0. The van der Waals surface area contributed by atoms with Crippen molar-refractivity contribution >= 4 is 0 Å². The van der Waals surface area contributed by atoms with Crippen LogP contribution in [0.1, 0.15) is 6.42 Å². The predicted octanol–water partition coefficient (Wildman–Crippen LogP) is -0.731. The van der Waals surface area contributed by atoms with Crippen LogP contribution in [0.25, 0.3) is 0 Å². The van der Waals surface area contributed by atoms with E-state index in [2.05, 4.69) is 46.9 Å². The van der Waals surface area contributed by atoms with E-state index in [9.17, 15) is 0 Å². The molecule has 18 heavy (non-hydrogen) atoms. The van der Waals surface area contributed by atoms with E-state index in [1.165, 1.54) is 13.0 Å². The lowest BCUT2D eigenvalue weighted by atomic mass is 10.4. The average molecular weight is 259 g/mol. The molecule has 0 heterocycles. The fraction of sp³-hybridized carbons (Fsp3) is 1.00. The number of likely N-dealkylation sites (N-methyl/N-ethyl adjacent to an activating group) is 3. The van der Waals surface area contributed by atoms with E-state index in [0.29, 0.717) is 0 Å². The second kappa shape index (κ2) is 13.2. The lowest BCUT2D eigenvalue weighted by Gasteiger charge is -2.16. The zero-order valence-corrected chi connectivity index (χ0v) is 12.8. The van der Waals surface area contributed by atoms with Gasteiger partial charge in [0.25, 0.3) is 0 Å². The molecule has 5 heteroatoms. The minimum Gasteiger partial charge on any atom is -0.318 e. The quantitative estimate of drug-likeness (QED) is 0.381. The van der Waals surface area contributed by atoms with Crippen molar-refractivity contribution in [2.24, 2.45) is 0 Å². The molecule has 0 amide bonds. The predicted molar refractivity (Wildman–Crippen MR) is 80.3 cm³/mol. The SMILES string of the molecule is CNCCN(C)CCCNCCNCCN(C)C. The summed E-state index contributed by atoms with van der Waals surface area (Å²) < 4.78 is 0. The molecular weight excluding hydrogens is 226 g/mol. The molecule has 5 nitrogen and oxygen atoms in total. The van der Waals surface area contributed by atoms with Crippen LogP contribution in [-0.2, 0) is 0 Å². The van der Waals surface area contributed by atoms with Crippen LogP contribution in [0, 0.1) is 0 Å². The summed E-state index contributed by atoms with van der Waals surface area (Å²) in [7, 11) is 8.38. The highest BCUT2D eigenvalue weighted by Crippen LogP contribution is 1.84. The average Bonchev–Trinajstić information content (AvgIpc) is 2.34. The summed E-state index contributed by atoms with van der Waals surface area (Å²) in [6.07, 6.45) is 1.22. The molecule has 0 unspecified atom stereocenters. The van der Waals surface area contributed by atoms with Gasteiger partial charge in [-0.3, -0.25) is 0 Å². The molecule has 0 rings (SSSR count). The van der Waals surface area contributed by atoms with Crippen LogP contribution in [0.3, 0.4) is 0 Å². The van der Waals surface area contributed by atoms with Crippen LogP contribution >= 0.6 is 0 Å². The third-order valence-electron chi connectivity index (χ3n) is 2.85. The Bertz CT molecular complexity index is 163. The van der Waals surface area contributed by atoms with Crippen molar-refractivity contribution in [3.05, 3.63) is 0 Å². The summed E-state index contributed by atoms with van der Waals surface area (Å²) in [6.45, 7) is 8.78. The van der Waals surface area contributed by atoms with Crippen LogP contribution < -0.4 is 16.0 Å². The Morgan fingerprint density at radius 3 is 2.00 bits per heavy atom. The van der Waals surface area contributed by atoms with Gasteiger partial charge in [-0.1, -0.05) is 0 Å². The van der Waals surface area contributed by atoms with Gasteiger partial charge in [0, 0.05) is 39.3 Å². The normalized spacial score (nSPS) is 11.7. The van der Waals surface area contributed by atoms with Crippen molar-refractivity contribution in [3.8, 4) is 0 Å². The second-order valence-electron chi connectivity index (χ2n) is 5.06. The van der Waals surface area contributed by atoms with Crippen molar-refractivity contribution in [1.29, 1.82) is 0 Å². The second-order valence-corrected chi connectivity index (χ2v) is 5.06. The molecule has 0 aromatic rings. The van der Waals surface area contributed by atoms with Gasteiger partial charge in [0.15, 0.2) is 0 Å².